The Kier molecular flexibility index (Phi) is 4.40. The second-order valence-corrected chi connectivity index (χ2v) is 2.14. The topological polar surface area (TPSA) is 101 Å². The maximum Gasteiger partial charge on any atom is 0.332 e. The van der Waals surface area contributed by atoms with Crippen molar-refractivity contribution in [3.05, 3.63) is 0 Å². The maximum absolute atomic E-state index is 10.7. The fourth-order valence-electron chi connectivity index (χ4n) is 0.566. The highest BCUT2D eigenvalue weighted by molar-refractivity contribution is 5.84. The number of carboxylic acids is 1. The van der Waals surface area contributed by atoms with E-state index in [9.17, 15) is 9.59 Å². The van der Waals surface area contributed by atoms with Gasteiger partial charge in [0.15, 0.2) is 6.10 Å². The lowest BCUT2D eigenvalue weighted by Crippen LogP contribution is -2.24. The monoisotopic (exact) mass is 161 g/mol. The van der Waals surface area contributed by atoms with Crippen LogP contribution >= 0.6 is 0 Å². The third kappa shape index (κ3) is 4.46. The molecule has 0 aromatic heterocycles. The molecule has 0 saturated carbocycles. The molecule has 0 saturated heterocycles. The summed E-state index contributed by atoms with van der Waals surface area (Å²) in [7, 11) is 0. The zero-order chi connectivity index (χ0) is 8.85. The van der Waals surface area contributed by atoms with Crippen LogP contribution in [0.3, 0.4) is 0 Å². The number of carboxylic acid groups (broad SMARTS) is 1. The van der Waals surface area contributed by atoms with E-state index in [1.54, 1.807) is 0 Å². The number of hydrogen-bond donors (Lipinski definition) is 3. The van der Waals surface area contributed by atoms with Crippen LogP contribution in [0.1, 0.15) is 12.8 Å². The molecule has 0 aliphatic carbocycles. The summed E-state index contributed by atoms with van der Waals surface area (Å²) in [6.45, 7) is 0.186. The van der Waals surface area contributed by atoms with Gasteiger partial charge in [-0.05, 0) is 6.54 Å². The molecular weight excluding hydrogens is 150 g/mol. The average molecular weight is 161 g/mol. The van der Waals surface area contributed by atoms with E-state index >= 15 is 0 Å². The number of aliphatic carboxylic acids is 1. The Hall–Kier alpha value is -0.940. The first-order chi connectivity index (χ1) is 5.07. The molecule has 0 rings (SSSR count). The molecule has 0 radical (unpaired) electrons. The summed E-state index contributed by atoms with van der Waals surface area (Å²) in [6, 6.07) is 0. The quantitative estimate of drug-likeness (QED) is 0.467. The van der Waals surface area contributed by atoms with Crippen molar-refractivity contribution in [1.29, 1.82) is 0 Å². The first kappa shape index (κ1) is 10.1. The van der Waals surface area contributed by atoms with Gasteiger partial charge >= 0.3 is 5.97 Å². The first-order valence-corrected chi connectivity index (χ1v) is 3.20. The van der Waals surface area contributed by atoms with Gasteiger partial charge in [0, 0.05) is 12.8 Å². The molecular formula is C6H11NO4. The Morgan fingerprint density at radius 1 is 1.45 bits per heavy atom. The van der Waals surface area contributed by atoms with Crippen molar-refractivity contribution in [2.75, 3.05) is 6.54 Å². The lowest BCUT2D eigenvalue weighted by Gasteiger charge is -2.02. The number of Topliss-reactive ketones (excluding diaryl/α,β-unsaturated/α-hetero) is 1. The highest BCUT2D eigenvalue weighted by Crippen LogP contribution is 1.95. The summed E-state index contributed by atoms with van der Waals surface area (Å²) in [4.78, 5) is 20.7. The minimum Gasteiger partial charge on any atom is -0.479 e. The Balaban J connectivity index is 3.66. The maximum atomic E-state index is 10.7. The van der Waals surface area contributed by atoms with Crippen molar-refractivity contribution in [2.24, 2.45) is 5.73 Å². The third-order valence-corrected chi connectivity index (χ3v) is 1.13. The molecule has 0 aromatic rings. The minimum atomic E-state index is -1.59. The van der Waals surface area contributed by atoms with Gasteiger partial charge in [-0.2, -0.15) is 0 Å². The molecule has 5 nitrogen and oxygen atoms in total. The fraction of sp³-hybridized carbons (Fsp3) is 0.667. The smallest absolute Gasteiger partial charge is 0.332 e. The van der Waals surface area contributed by atoms with Crippen molar-refractivity contribution in [2.45, 2.75) is 18.9 Å². The largest absolute Gasteiger partial charge is 0.479 e. The Morgan fingerprint density at radius 3 is 2.36 bits per heavy atom. The molecule has 4 N–H and O–H groups in total. The number of carbonyl (C=O) groups excluding carboxylic acids is 1. The number of nitrogens with two attached hydrogens (primary N) is 1. The highest BCUT2D eigenvalue weighted by Gasteiger charge is 2.16. The van der Waals surface area contributed by atoms with Gasteiger partial charge in [-0.1, -0.05) is 0 Å². The van der Waals surface area contributed by atoms with Gasteiger partial charge in [-0.25, -0.2) is 4.79 Å². The summed E-state index contributed by atoms with van der Waals surface area (Å²) in [5, 5.41) is 16.8. The normalized spacial score (nSPS) is 12.5. The molecule has 1 atom stereocenters. The van der Waals surface area contributed by atoms with E-state index in [4.69, 9.17) is 15.9 Å². The van der Waals surface area contributed by atoms with E-state index in [1.165, 1.54) is 0 Å². The summed E-state index contributed by atoms with van der Waals surface area (Å²) in [6.07, 6.45) is -1.83. The number of aliphatic hydroxyl groups excluding tert-OH is 1. The van der Waals surface area contributed by atoms with E-state index in [0.29, 0.717) is 0 Å². The first-order valence-electron chi connectivity index (χ1n) is 3.20. The van der Waals surface area contributed by atoms with Gasteiger partial charge in [0.2, 0.25) is 0 Å². The van der Waals surface area contributed by atoms with Crippen molar-refractivity contribution >= 4 is 11.8 Å². The number of aliphatic hydroxyl groups is 1. The highest BCUT2D eigenvalue weighted by atomic mass is 16.4. The molecule has 0 aliphatic rings. The van der Waals surface area contributed by atoms with Crippen LogP contribution in [0, 0.1) is 0 Å². The van der Waals surface area contributed by atoms with Crippen molar-refractivity contribution in [3.8, 4) is 0 Å². The minimum absolute atomic E-state index is 0.115. The molecule has 0 bridgehead atoms. The molecule has 5 heteroatoms. The van der Waals surface area contributed by atoms with Crippen molar-refractivity contribution < 1.29 is 19.8 Å². The molecule has 0 heterocycles. The molecule has 0 amide bonds. The second-order valence-electron chi connectivity index (χ2n) is 2.14. The molecule has 0 fully saturated rings. The van der Waals surface area contributed by atoms with E-state index in [0.717, 1.165) is 0 Å². The van der Waals surface area contributed by atoms with Crippen LogP contribution in [0.2, 0.25) is 0 Å². The van der Waals surface area contributed by atoms with E-state index < -0.39 is 12.1 Å². The molecule has 64 valence electrons. The zero-order valence-corrected chi connectivity index (χ0v) is 5.99. The summed E-state index contributed by atoms with van der Waals surface area (Å²) in [5.74, 6) is -1.71. The summed E-state index contributed by atoms with van der Waals surface area (Å²) < 4.78 is 0. The standard InChI is InChI=1S/C6H11NO4/c7-2-1-4(8)3-5(9)6(10)11/h5,9H,1-3,7H2,(H,10,11). The second kappa shape index (κ2) is 4.81. The summed E-state index contributed by atoms with van der Waals surface area (Å²) in [5.41, 5.74) is 5.03. The number of carbonyl (C=O) groups is 2. The van der Waals surface area contributed by atoms with E-state index in [1.807, 2.05) is 0 Å². The third-order valence-electron chi connectivity index (χ3n) is 1.13. The average Bonchev–Trinajstić information content (AvgIpc) is 1.87. The van der Waals surface area contributed by atoms with Crippen LogP contribution in [-0.2, 0) is 9.59 Å². The SMILES string of the molecule is NCCC(=O)CC(O)C(=O)O. The number of hydrogen-bond acceptors (Lipinski definition) is 4. The van der Waals surface area contributed by atoms with Gasteiger partial charge in [-0.3, -0.25) is 4.79 Å². The predicted octanol–water partition coefficient (Wildman–Crippen LogP) is -1.26. The Morgan fingerprint density at radius 2 is 2.00 bits per heavy atom. The van der Waals surface area contributed by atoms with Crippen LogP contribution in [0.25, 0.3) is 0 Å². The van der Waals surface area contributed by atoms with Crippen LogP contribution in [0.4, 0.5) is 0 Å². The number of rotatable bonds is 5. The fourth-order valence-corrected chi connectivity index (χ4v) is 0.566. The van der Waals surface area contributed by atoms with E-state index in [-0.39, 0.29) is 25.2 Å². The zero-order valence-electron chi connectivity index (χ0n) is 5.99. The molecule has 0 aliphatic heterocycles. The Bertz CT molecular complexity index is 157. The lowest BCUT2D eigenvalue weighted by atomic mass is 10.1. The molecule has 0 aromatic carbocycles. The van der Waals surface area contributed by atoms with Crippen molar-refractivity contribution in [3.63, 3.8) is 0 Å². The van der Waals surface area contributed by atoms with Crippen molar-refractivity contribution in [1.82, 2.24) is 0 Å². The van der Waals surface area contributed by atoms with Gasteiger partial charge in [0.25, 0.3) is 0 Å². The van der Waals surface area contributed by atoms with Crippen LogP contribution in [0.15, 0.2) is 0 Å². The molecule has 11 heavy (non-hydrogen) atoms. The van der Waals surface area contributed by atoms with Gasteiger partial charge < -0.3 is 15.9 Å². The number of ketones is 1. The summed E-state index contributed by atoms with van der Waals surface area (Å²) >= 11 is 0. The van der Waals surface area contributed by atoms with Crippen LogP contribution in [0.5, 0.6) is 0 Å². The molecule has 1 unspecified atom stereocenters. The lowest BCUT2D eigenvalue weighted by molar-refractivity contribution is -0.148. The molecule has 0 spiro atoms. The Labute approximate surface area is 63.8 Å². The van der Waals surface area contributed by atoms with Gasteiger partial charge in [0.05, 0.1) is 0 Å². The van der Waals surface area contributed by atoms with Gasteiger partial charge in [-0.15, -0.1) is 0 Å². The predicted molar refractivity (Wildman–Crippen MR) is 36.9 cm³/mol. The van der Waals surface area contributed by atoms with Gasteiger partial charge in [0.1, 0.15) is 5.78 Å². The van der Waals surface area contributed by atoms with E-state index in [2.05, 4.69) is 0 Å². The van der Waals surface area contributed by atoms with Crippen LogP contribution in [-0.4, -0.2) is 34.6 Å². The van der Waals surface area contributed by atoms with Crippen LogP contribution < -0.4 is 5.73 Å².